The smallest absolute Gasteiger partial charge is 0.408 e. The topological polar surface area (TPSA) is 131 Å². The number of nitrogens with one attached hydrogen (secondary N) is 2. The van der Waals surface area contributed by atoms with Crippen molar-refractivity contribution >= 4 is 23.8 Å². The van der Waals surface area contributed by atoms with Gasteiger partial charge in [0, 0.05) is 11.6 Å². The normalized spacial score (nSPS) is 14.3. The SMILES string of the molecule is Cc1ccccc1C(C(=O)NC(C)(C)C)N(C(=O)C(CC(N)=O)NC(=O)OC(C)(C)C)C(C)CCC(C)C. The molecule has 0 radical (unpaired) electrons. The molecule has 38 heavy (non-hydrogen) atoms. The average Bonchev–Trinajstić information content (AvgIpc) is 2.72. The van der Waals surface area contributed by atoms with Crippen molar-refractivity contribution in [1.82, 2.24) is 15.5 Å². The number of rotatable bonds is 11. The third-order valence-electron chi connectivity index (χ3n) is 5.79. The van der Waals surface area contributed by atoms with Crippen LogP contribution in [0.2, 0.25) is 0 Å². The Hall–Kier alpha value is -3.10. The highest BCUT2D eigenvalue weighted by atomic mass is 16.6. The summed E-state index contributed by atoms with van der Waals surface area (Å²) in [5, 5.41) is 5.54. The van der Waals surface area contributed by atoms with Crippen LogP contribution in [0, 0.1) is 12.8 Å². The molecule has 1 rings (SSSR count). The summed E-state index contributed by atoms with van der Waals surface area (Å²) < 4.78 is 5.34. The second kappa shape index (κ2) is 13.6. The highest BCUT2D eigenvalue weighted by Crippen LogP contribution is 2.30. The van der Waals surface area contributed by atoms with Crippen molar-refractivity contribution in [1.29, 1.82) is 0 Å². The van der Waals surface area contributed by atoms with Gasteiger partial charge in [-0.15, -0.1) is 0 Å². The fraction of sp³-hybridized carbons (Fsp3) is 0.655. The summed E-state index contributed by atoms with van der Waals surface area (Å²) in [6.45, 7) is 18.6. The predicted molar refractivity (Wildman–Crippen MR) is 149 cm³/mol. The van der Waals surface area contributed by atoms with E-state index in [9.17, 15) is 19.2 Å². The molecule has 0 aromatic heterocycles. The van der Waals surface area contributed by atoms with Crippen LogP contribution in [0.5, 0.6) is 0 Å². The number of hydrogen-bond donors (Lipinski definition) is 3. The van der Waals surface area contributed by atoms with Crippen LogP contribution >= 0.6 is 0 Å². The molecule has 3 unspecified atom stereocenters. The molecular weight excluding hydrogens is 484 g/mol. The second-order valence-corrected chi connectivity index (χ2v) is 12.4. The van der Waals surface area contributed by atoms with E-state index in [0.29, 0.717) is 17.9 Å². The summed E-state index contributed by atoms with van der Waals surface area (Å²) >= 11 is 0. The predicted octanol–water partition coefficient (Wildman–Crippen LogP) is 4.37. The first-order valence-electron chi connectivity index (χ1n) is 13.3. The molecule has 214 valence electrons. The van der Waals surface area contributed by atoms with Gasteiger partial charge < -0.3 is 26.0 Å². The molecule has 1 aromatic carbocycles. The average molecular weight is 533 g/mol. The molecule has 4 N–H and O–H groups in total. The third kappa shape index (κ3) is 11.1. The maximum absolute atomic E-state index is 14.2. The molecule has 0 aliphatic carbocycles. The number of nitrogens with zero attached hydrogens (tertiary/aromatic N) is 1. The maximum Gasteiger partial charge on any atom is 0.408 e. The molecular formula is C29H48N4O5. The summed E-state index contributed by atoms with van der Waals surface area (Å²) in [5.41, 5.74) is 5.60. The molecule has 4 amide bonds. The number of nitrogens with two attached hydrogens (primary N) is 1. The zero-order chi connectivity index (χ0) is 29.4. The van der Waals surface area contributed by atoms with Crippen LogP contribution in [0.4, 0.5) is 4.79 Å². The lowest BCUT2D eigenvalue weighted by atomic mass is 9.93. The van der Waals surface area contributed by atoms with Gasteiger partial charge in [-0.3, -0.25) is 14.4 Å². The first kappa shape index (κ1) is 32.9. The minimum atomic E-state index is -1.31. The van der Waals surface area contributed by atoms with Crippen molar-refractivity contribution in [2.24, 2.45) is 11.7 Å². The lowest BCUT2D eigenvalue weighted by molar-refractivity contribution is -0.146. The Morgan fingerprint density at radius 2 is 1.55 bits per heavy atom. The number of amides is 4. The van der Waals surface area contributed by atoms with E-state index in [1.54, 1.807) is 20.8 Å². The molecule has 0 bridgehead atoms. The number of primary amides is 1. The van der Waals surface area contributed by atoms with E-state index < -0.39 is 53.6 Å². The van der Waals surface area contributed by atoms with Gasteiger partial charge in [-0.1, -0.05) is 38.1 Å². The van der Waals surface area contributed by atoms with E-state index in [1.807, 2.05) is 58.9 Å². The van der Waals surface area contributed by atoms with E-state index in [-0.39, 0.29) is 5.91 Å². The lowest BCUT2D eigenvalue weighted by Gasteiger charge is -2.40. The van der Waals surface area contributed by atoms with Crippen molar-refractivity contribution in [3.05, 3.63) is 35.4 Å². The minimum absolute atomic E-state index is 0.355. The molecule has 9 nitrogen and oxygen atoms in total. The van der Waals surface area contributed by atoms with Crippen LogP contribution in [0.25, 0.3) is 0 Å². The van der Waals surface area contributed by atoms with Gasteiger partial charge in [0.1, 0.15) is 17.7 Å². The second-order valence-electron chi connectivity index (χ2n) is 12.4. The molecule has 1 aromatic rings. The van der Waals surface area contributed by atoms with E-state index in [2.05, 4.69) is 24.5 Å². The summed E-state index contributed by atoms with van der Waals surface area (Å²) in [4.78, 5) is 54.2. The molecule has 0 spiro atoms. The standard InChI is InChI=1S/C29H48N4O5/c1-18(2)15-16-20(4)33(26(36)22(17-23(30)34)31-27(37)38-29(8,9)10)24(25(35)32-28(5,6)7)21-14-12-11-13-19(21)3/h11-14,18,20,22,24H,15-17H2,1-10H3,(H2,30,34)(H,31,37)(H,32,35). The fourth-order valence-corrected chi connectivity index (χ4v) is 4.09. The third-order valence-corrected chi connectivity index (χ3v) is 5.79. The van der Waals surface area contributed by atoms with Crippen molar-refractivity contribution in [2.75, 3.05) is 0 Å². The van der Waals surface area contributed by atoms with Crippen LogP contribution < -0.4 is 16.4 Å². The monoisotopic (exact) mass is 532 g/mol. The molecule has 0 heterocycles. The van der Waals surface area contributed by atoms with Gasteiger partial charge >= 0.3 is 6.09 Å². The fourth-order valence-electron chi connectivity index (χ4n) is 4.09. The summed E-state index contributed by atoms with van der Waals surface area (Å²) in [6.07, 6.45) is 0.141. The Kier molecular flexibility index (Phi) is 11.8. The van der Waals surface area contributed by atoms with Gasteiger partial charge in [0.15, 0.2) is 0 Å². The van der Waals surface area contributed by atoms with Crippen LogP contribution in [0.3, 0.4) is 0 Å². The summed E-state index contributed by atoms with van der Waals surface area (Å²) in [5.74, 6) is -1.33. The molecule has 0 saturated carbocycles. The van der Waals surface area contributed by atoms with Crippen LogP contribution in [0.15, 0.2) is 24.3 Å². The molecule has 0 aliphatic rings. The molecule has 3 atom stereocenters. The number of carbonyl (C=O) groups is 4. The van der Waals surface area contributed by atoms with Crippen LogP contribution in [0.1, 0.15) is 98.7 Å². The number of aryl methyl sites for hydroxylation is 1. The van der Waals surface area contributed by atoms with Gasteiger partial charge in [-0.05, 0) is 85.3 Å². The van der Waals surface area contributed by atoms with Crippen molar-refractivity contribution in [3.63, 3.8) is 0 Å². The van der Waals surface area contributed by atoms with Gasteiger partial charge in [0.05, 0.1) is 6.42 Å². The zero-order valence-corrected chi connectivity index (χ0v) is 24.8. The number of carbonyl (C=O) groups excluding carboxylic acids is 4. The molecule has 0 fully saturated rings. The Balaban J connectivity index is 3.69. The number of alkyl carbamates (subject to hydrolysis) is 1. The van der Waals surface area contributed by atoms with E-state index >= 15 is 0 Å². The highest BCUT2D eigenvalue weighted by Gasteiger charge is 2.40. The number of ether oxygens (including phenoxy) is 1. The van der Waals surface area contributed by atoms with Gasteiger partial charge in [0.25, 0.3) is 0 Å². The Labute approximate surface area is 228 Å². The van der Waals surface area contributed by atoms with Crippen LogP contribution in [-0.2, 0) is 19.1 Å². The highest BCUT2D eigenvalue weighted by molar-refractivity contribution is 5.95. The zero-order valence-electron chi connectivity index (χ0n) is 24.8. The Bertz CT molecular complexity index is 978. The molecule has 0 aliphatic heterocycles. The Morgan fingerprint density at radius 3 is 2.03 bits per heavy atom. The largest absolute Gasteiger partial charge is 0.444 e. The summed E-state index contributed by atoms with van der Waals surface area (Å²) in [7, 11) is 0. The van der Waals surface area contributed by atoms with E-state index in [0.717, 1.165) is 12.0 Å². The number of benzene rings is 1. The molecule has 9 heteroatoms. The van der Waals surface area contributed by atoms with Gasteiger partial charge in [-0.2, -0.15) is 0 Å². The summed E-state index contributed by atoms with van der Waals surface area (Å²) in [6, 6.07) is 4.69. The first-order chi connectivity index (χ1) is 17.3. The quantitative estimate of drug-likeness (QED) is 0.389. The number of hydrogen-bond acceptors (Lipinski definition) is 5. The minimum Gasteiger partial charge on any atom is -0.444 e. The van der Waals surface area contributed by atoms with Gasteiger partial charge in [0.2, 0.25) is 17.7 Å². The molecule has 0 saturated heterocycles. The van der Waals surface area contributed by atoms with Crippen molar-refractivity contribution in [2.45, 2.75) is 118 Å². The maximum atomic E-state index is 14.2. The van der Waals surface area contributed by atoms with Crippen molar-refractivity contribution < 1.29 is 23.9 Å². The van der Waals surface area contributed by atoms with Crippen molar-refractivity contribution in [3.8, 4) is 0 Å². The van der Waals surface area contributed by atoms with Gasteiger partial charge in [-0.25, -0.2) is 4.79 Å². The van der Waals surface area contributed by atoms with E-state index in [4.69, 9.17) is 10.5 Å². The Morgan fingerprint density at radius 1 is 0.974 bits per heavy atom. The first-order valence-corrected chi connectivity index (χ1v) is 13.3. The van der Waals surface area contributed by atoms with Crippen LogP contribution in [-0.4, -0.2) is 51.9 Å². The lowest BCUT2D eigenvalue weighted by Crippen LogP contribution is -2.57. The van der Waals surface area contributed by atoms with E-state index in [1.165, 1.54) is 4.90 Å².